The van der Waals surface area contributed by atoms with Crippen molar-refractivity contribution in [2.45, 2.75) is 46.5 Å². The summed E-state index contributed by atoms with van der Waals surface area (Å²) >= 11 is 0. The molecule has 28 heavy (non-hydrogen) atoms. The van der Waals surface area contributed by atoms with Gasteiger partial charge < -0.3 is 5.32 Å². The van der Waals surface area contributed by atoms with Gasteiger partial charge in [0.25, 0.3) is 0 Å². The Morgan fingerprint density at radius 3 is 2.21 bits per heavy atom. The number of carbonyl (C=O) groups excluding carboxylic acids is 1. The number of sulfonamides is 1. The molecule has 0 unspecified atom stereocenters. The van der Waals surface area contributed by atoms with E-state index in [2.05, 4.69) is 19.2 Å². The lowest BCUT2D eigenvalue weighted by molar-refractivity contribution is -0.116. The predicted octanol–water partition coefficient (Wildman–Crippen LogP) is 4.61. The lowest BCUT2D eigenvalue weighted by Gasteiger charge is -2.23. The van der Waals surface area contributed by atoms with Crippen LogP contribution in [0.2, 0.25) is 0 Å². The largest absolute Gasteiger partial charge is 0.326 e. The topological polar surface area (TPSA) is 66.5 Å². The first-order valence-electron chi connectivity index (χ1n) is 9.52. The molecule has 0 atom stereocenters. The van der Waals surface area contributed by atoms with Gasteiger partial charge in [0.05, 0.1) is 11.9 Å². The number of amides is 1. The van der Waals surface area contributed by atoms with Crippen LogP contribution < -0.4 is 9.62 Å². The number of carbonyl (C=O) groups is 1. The van der Waals surface area contributed by atoms with Crippen molar-refractivity contribution in [1.29, 1.82) is 0 Å². The van der Waals surface area contributed by atoms with Crippen LogP contribution in [0.3, 0.4) is 0 Å². The van der Waals surface area contributed by atoms with E-state index in [1.54, 1.807) is 6.07 Å². The third kappa shape index (κ3) is 6.09. The van der Waals surface area contributed by atoms with Gasteiger partial charge in [-0.2, -0.15) is 0 Å². The molecule has 6 heteroatoms. The summed E-state index contributed by atoms with van der Waals surface area (Å²) in [4.78, 5) is 12.2. The minimum Gasteiger partial charge on any atom is -0.326 e. The van der Waals surface area contributed by atoms with E-state index in [1.165, 1.54) is 16.1 Å². The first kappa shape index (κ1) is 22.0. The Hall–Kier alpha value is -2.34. The molecule has 1 N–H and O–H groups in total. The molecule has 0 bridgehead atoms. The normalized spacial score (nSPS) is 11.5. The second kappa shape index (κ2) is 9.24. The van der Waals surface area contributed by atoms with Gasteiger partial charge in [0.1, 0.15) is 0 Å². The molecule has 152 valence electrons. The molecule has 0 heterocycles. The maximum atomic E-state index is 12.2. The predicted molar refractivity (Wildman–Crippen MR) is 117 cm³/mol. The minimum atomic E-state index is -3.42. The number of hydrogen-bond acceptors (Lipinski definition) is 3. The summed E-state index contributed by atoms with van der Waals surface area (Å²) in [5.74, 6) is 0.322. The highest BCUT2D eigenvalue weighted by atomic mass is 32.2. The van der Waals surface area contributed by atoms with Gasteiger partial charge in [0.15, 0.2) is 0 Å². The molecule has 5 nitrogen and oxygen atoms in total. The fourth-order valence-corrected chi connectivity index (χ4v) is 3.88. The third-order valence-electron chi connectivity index (χ3n) is 4.80. The Morgan fingerprint density at radius 2 is 1.68 bits per heavy atom. The van der Waals surface area contributed by atoms with Crippen molar-refractivity contribution in [3.63, 3.8) is 0 Å². The Morgan fingerprint density at radius 1 is 1.04 bits per heavy atom. The van der Waals surface area contributed by atoms with Gasteiger partial charge in [-0.15, -0.1) is 0 Å². The van der Waals surface area contributed by atoms with E-state index < -0.39 is 10.0 Å². The molecule has 0 fully saturated rings. The number of rotatable bonds is 8. The quantitative estimate of drug-likeness (QED) is 0.701. The fraction of sp³-hybridized carbons (Fsp3) is 0.409. The molecule has 0 aromatic heterocycles. The highest BCUT2D eigenvalue weighted by Crippen LogP contribution is 2.22. The molecule has 1 amide bonds. The van der Waals surface area contributed by atoms with Crippen LogP contribution in [0.1, 0.15) is 49.3 Å². The molecule has 2 rings (SSSR count). The van der Waals surface area contributed by atoms with Crippen molar-refractivity contribution in [1.82, 2.24) is 0 Å². The molecule has 0 aliphatic heterocycles. The molecule has 0 saturated heterocycles. The van der Waals surface area contributed by atoms with E-state index in [4.69, 9.17) is 0 Å². The molecule has 0 aliphatic carbocycles. The maximum Gasteiger partial charge on any atom is 0.232 e. The highest BCUT2D eigenvalue weighted by molar-refractivity contribution is 7.92. The van der Waals surface area contributed by atoms with Crippen LogP contribution in [0.4, 0.5) is 11.4 Å². The molecular weight excluding hydrogens is 372 g/mol. The molecular formula is C22H30N2O3S. The molecule has 0 aliphatic rings. The molecule has 0 spiro atoms. The fourth-order valence-electron chi connectivity index (χ4n) is 2.93. The molecule has 0 saturated carbocycles. The number of anilines is 2. The van der Waals surface area contributed by atoms with Gasteiger partial charge in [0, 0.05) is 18.7 Å². The summed E-state index contributed by atoms with van der Waals surface area (Å²) in [6.07, 6.45) is 1.89. The minimum absolute atomic E-state index is 0.120. The molecule has 0 radical (unpaired) electrons. The van der Waals surface area contributed by atoms with Crippen LogP contribution >= 0.6 is 0 Å². The van der Waals surface area contributed by atoms with Crippen molar-refractivity contribution in [2.24, 2.45) is 0 Å². The van der Waals surface area contributed by atoms with Gasteiger partial charge in [-0.05, 0) is 67.1 Å². The summed E-state index contributed by atoms with van der Waals surface area (Å²) in [6, 6.07) is 13.4. The van der Waals surface area contributed by atoms with Crippen LogP contribution in [0.15, 0.2) is 42.5 Å². The van der Waals surface area contributed by atoms with Gasteiger partial charge in [-0.25, -0.2) is 8.42 Å². The number of aryl methyl sites for hydroxylation is 2. The molecule has 2 aromatic rings. The van der Waals surface area contributed by atoms with E-state index in [1.807, 2.05) is 50.2 Å². The Balaban J connectivity index is 1.96. The maximum absolute atomic E-state index is 12.2. The van der Waals surface area contributed by atoms with Crippen LogP contribution in [-0.2, 0) is 14.8 Å². The van der Waals surface area contributed by atoms with Crippen molar-refractivity contribution in [3.05, 3.63) is 59.2 Å². The standard InChI is InChI=1S/C22H30N2O3S/c1-16(2)19-9-11-20(12-10-19)23-22(25)7-6-14-24(28(5,26)27)21-13-8-17(3)18(4)15-21/h8-13,15-16H,6-7,14H2,1-5H3,(H,23,25). The average Bonchev–Trinajstić information content (AvgIpc) is 2.60. The Kier molecular flexibility index (Phi) is 7.24. The van der Waals surface area contributed by atoms with Crippen LogP contribution in [0.5, 0.6) is 0 Å². The van der Waals surface area contributed by atoms with E-state index in [-0.39, 0.29) is 18.9 Å². The van der Waals surface area contributed by atoms with Crippen molar-refractivity contribution in [2.75, 3.05) is 22.4 Å². The first-order chi connectivity index (χ1) is 13.1. The van der Waals surface area contributed by atoms with Crippen LogP contribution in [0, 0.1) is 13.8 Å². The van der Waals surface area contributed by atoms with Gasteiger partial charge in [-0.3, -0.25) is 9.10 Å². The lowest BCUT2D eigenvalue weighted by Crippen LogP contribution is -2.31. The van der Waals surface area contributed by atoms with Gasteiger partial charge >= 0.3 is 0 Å². The number of nitrogens with one attached hydrogen (secondary N) is 1. The van der Waals surface area contributed by atoms with E-state index in [0.717, 1.165) is 16.8 Å². The van der Waals surface area contributed by atoms with E-state index >= 15 is 0 Å². The second-order valence-electron chi connectivity index (χ2n) is 7.53. The van der Waals surface area contributed by atoms with Crippen LogP contribution in [0.25, 0.3) is 0 Å². The van der Waals surface area contributed by atoms with E-state index in [9.17, 15) is 13.2 Å². The first-order valence-corrected chi connectivity index (χ1v) is 11.4. The van der Waals surface area contributed by atoms with Crippen molar-refractivity contribution < 1.29 is 13.2 Å². The van der Waals surface area contributed by atoms with Crippen LogP contribution in [-0.4, -0.2) is 27.1 Å². The summed E-state index contributed by atoms with van der Waals surface area (Å²) in [6.45, 7) is 8.45. The van der Waals surface area contributed by atoms with Gasteiger partial charge in [0.2, 0.25) is 15.9 Å². The zero-order chi connectivity index (χ0) is 20.9. The highest BCUT2D eigenvalue weighted by Gasteiger charge is 2.18. The summed E-state index contributed by atoms with van der Waals surface area (Å²) < 4.78 is 25.8. The van der Waals surface area contributed by atoms with Gasteiger partial charge in [-0.1, -0.05) is 32.0 Å². The summed E-state index contributed by atoms with van der Waals surface area (Å²) in [5, 5.41) is 2.87. The number of benzene rings is 2. The van der Waals surface area contributed by atoms with E-state index in [0.29, 0.717) is 18.0 Å². The third-order valence-corrected chi connectivity index (χ3v) is 6.00. The lowest BCUT2D eigenvalue weighted by atomic mass is 10.0. The zero-order valence-corrected chi connectivity index (χ0v) is 18.1. The number of nitrogens with zero attached hydrogens (tertiary/aromatic N) is 1. The zero-order valence-electron chi connectivity index (χ0n) is 17.3. The summed E-state index contributed by atoms with van der Waals surface area (Å²) in [5.41, 5.74) is 4.75. The number of hydrogen-bond donors (Lipinski definition) is 1. The molecule has 2 aromatic carbocycles. The van der Waals surface area contributed by atoms with Crippen molar-refractivity contribution in [3.8, 4) is 0 Å². The average molecular weight is 403 g/mol. The second-order valence-corrected chi connectivity index (χ2v) is 9.44. The smallest absolute Gasteiger partial charge is 0.232 e. The SMILES string of the molecule is Cc1ccc(N(CCCC(=O)Nc2ccc(C(C)C)cc2)S(C)(=O)=O)cc1C. The monoisotopic (exact) mass is 402 g/mol. The Bertz CT molecular complexity index is 919. The Labute approximate surface area is 168 Å². The van der Waals surface area contributed by atoms with Crippen molar-refractivity contribution >= 4 is 27.3 Å². The summed E-state index contributed by atoms with van der Waals surface area (Å²) in [7, 11) is -3.42.